The van der Waals surface area contributed by atoms with Gasteiger partial charge >= 0.3 is 0 Å². The van der Waals surface area contributed by atoms with Gasteiger partial charge in [-0.25, -0.2) is 8.78 Å². The van der Waals surface area contributed by atoms with Crippen molar-refractivity contribution >= 4 is 23.1 Å². The van der Waals surface area contributed by atoms with Crippen LogP contribution in [-0.2, 0) is 9.59 Å². The van der Waals surface area contributed by atoms with E-state index in [1.807, 2.05) is 0 Å². The zero-order valence-corrected chi connectivity index (χ0v) is 15.7. The van der Waals surface area contributed by atoms with Crippen molar-refractivity contribution in [1.29, 1.82) is 0 Å². The van der Waals surface area contributed by atoms with E-state index in [0.29, 0.717) is 11.5 Å². The monoisotopic (exact) mass is 425 g/mol. The topological polar surface area (TPSA) is 89.2 Å². The molecule has 0 radical (unpaired) electrons. The van der Waals surface area contributed by atoms with Gasteiger partial charge in [-0.15, -0.1) is 0 Å². The molecule has 1 aromatic heterocycles. The number of halogens is 2. The van der Waals surface area contributed by atoms with Crippen molar-refractivity contribution in [2.24, 2.45) is 0 Å². The number of nitrogens with zero attached hydrogens (tertiary/aromatic N) is 1. The molecule has 0 spiro atoms. The molecule has 1 unspecified atom stereocenters. The molecular formula is C22H13F2NO6. The number of ketones is 1. The number of carbonyl (C=O) groups is 2. The van der Waals surface area contributed by atoms with Crippen LogP contribution >= 0.6 is 0 Å². The molecule has 156 valence electrons. The van der Waals surface area contributed by atoms with E-state index in [4.69, 9.17) is 13.9 Å². The van der Waals surface area contributed by atoms with Gasteiger partial charge in [0.2, 0.25) is 6.79 Å². The molecule has 2 aromatic carbocycles. The second-order valence-corrected chi connectivity index (χ2v) is 6.85. The van der Waals surface area contributed by atoms with Crippen molar-refractivity contribution < 1.29 is 37.4 Å². The highest BCUT2D eigenvalue weighted by atomic mass is 19.1. The van der Waals surface area contributed by atoms with Gasteiger partial charge < -0.3 is 19.0 Å². The number of furan rings is 1. The Balaban J connectivity index is 1.71. The lowest BCUT2D eigenvalue weighted by molar-refractivity contribution is -0.132. The molecule has 3 heterocycles. The predicted octanol–water partition coefficient (Wildman–Crippen LogP) is 3.91. The van der Waals surface area contributed by atoms with Crippen LogP contribution in [0.4, 0.5) is 14.5 Å². The molecule has 1 saturated heterocycles. The third-order valence-electron chi connectivity index (χ3n) is 5.07. The average Bonchev–Trinajstić information content (AvgIpc) is 3.50. The van der Waals surface area contributed by atoms with E-state index in [0.717, 1.165) is 23.1 Å². The van der Waals surface area contributed by atoms with E-state index in [-0.39, 0.29) is 23.7 Å². The fraction of sp³-hybridized carbons (Fsp3) is 0.0909. The molecule has 2 aliphatic heterocycles. The number of Topliss-reactive ketones (excluding diaryl/α,β-unsaturated/α-hetero) is 1. The van der Waals surface area contributed by atoms with Crippen LogP contribution in [0.25, 0.3) is 5.76 Å². The molecule has 7 nitrogen and oxygen atoms in total. The Labute approximate surface area is 173 Å². The summed E-state index contributed by atoms with van der Waals surface area (Å²) in [5, 5.41) is 11.0. The number of ether oxygens (including phenoxy) is 2. The van der Waals surface area contributed by atoms with Crippen LogP contribution in [0.5, 0.6) is 11.5 Å². The number of rotatable bonds is 3. The number of aliphatic hydroxyl groups is 1. The van der Waals surface area contributed by atoms with Gasteiger partial charge in [-0.2, -0.15) is 0 Å². The number of fused-ring (bicyclic) bond motifs is 1. The standard InChI is InChI=1S/C22H13F2NO6/c23-12-4-5-13(24)14(9-12)25-19(16-2-1-7-29-16)18(21(27)22(25)28)20(26)11-3-6-15-17(8-11)31-10-30-15/h1-9,19,26H,10H2/b20-18-. The molecule has 0 bridgehead atoms. The van der Waals surface area contributed by atoms with Gasteiger partial charge in [0.05, 0.1) is 17.5 Å². The van der Waals surface area contributed by atoms with Crippen LogP contribution in [-0.4, -0.2) is 23.6 Å². The van der Waals surface area contributed by atoms with E-state index < -0.39 is 40.8 Å². The Morgan fingerprint density at radius 3 is 2.61 bits per heavy atom. The Morgan fingerprint density at radius 2 is 1.84 bits per heavy atom. The van der Waals surface area contributed by atoms with Crippen molar-refractivity contribution in [2.75, 3.05) is 11.7 Å². The number of hydrogen-bond acceptors (Lipinski definition) is 6. The zero-order valence-electron chi connectivity index (χ0n) is 15.7. The predicted molar refractivity (Wildman–Crippen MR) is 102 cm³/mol. The first kappa shape index (κ1) is 18.9. The van der Waals surface area contributed by atoms with E-state index >= 15 is 0 Å². The molecule has 1 atom stereocenters. The lowest BCUT2D eigenvalue weighted by atomic mass is 9.99. The fourth-order valence-electron chi connectivity index (χ4n) is 3.67. The van der Waals surface area contributed by atoms with Crippen LogP contribution in [0.3, 0.4) is 0 Å². The summed E-state index contributed by atoms with van der Waals surface area (Å²) in [4.78, 5) is 26.6. The summed E-state index contributed by atoms with van der Waals surface area (Å²) in [6.45, 7) is 0.00911. The minimum Gasteiger partial charge on any atom is -0.507 e. The van der Waals surface area contributed by atoms with Crippen LogP contribution in [0.2, 0.25) is 0 Å². The Kier molecular flexibility index (Phi) is 4.25. The van der Waals surface area contributed by atoms with Gasteiger partial charge in [-0.05, 0) is 42.5 Å². The highest BCUT2D eigenvalue weighted by Gasteiger charge is 2.49. The van der Waals surface area contributed by atoms with E-state index in [2.05, 4.69) is 0 Å². The number of carbonyl (C=O) groups excluding carboxylic acids is 2. The van der Waals surface area contributed by atoms with Crippen LogP contribution in [0.15, 0.2) is 64.8 Å². The normalized spacial score (nSPS) is 19.3. The summed E-state index contributed by atoms with van der Waals surface area (Å²) in [5.74, 6) is -3.53. The van der Waals surface area contributed by atoms with E-state index in [1.165, 1.54) is 30.5 Å². The quantitative estimate of drug-likeness (QED) is 0.389. The number of benzene rings is 2. The van der Waals surface area contributed by atoms with Crippen molar-refractivity contribution in [1.82, 2.24) is 0 Å². The van der Waals surface area contributed by atoms with Gasteiger partial charge in [0.25, 0.3) is 11.7 Å². The lowest BCUT2D eigenvalue weighted by Gasteiger charge is -2.23. The van der Waals surface area contributed by atoms with Gasteiger partial charge in [-0.3, -0.25) is 14.5 Å². The fourth-order valence-corrected chi connectivity index (χ4v) is 3.67. The smallest absolute Gasteiger partial charge is 0.300 e. The first-order valence-electron chi connectivity index (χ1n) is 9.15. The van der Waals surface area contributed by atoms with Crippen LogP contribution < -0.4 is 14.4 Å². The van der Waals surface area contributed by atoms with Crippen LogP contribution in [0.1, 0.15) is 17.4 Å². The van der Waals surface area contributed by atoms with Gasteiger partial charge in [0.1, 0.15) is 29.2 Å². The number of aliphatic hydroxyl groups excluding tert-OH is 1. The average molecular weight is 425 g/mol. The summed E-state index contributed by atoms with van der Waals surface area (Å²) in [7, 11) is 0. The molecule has 1 N–H and O–H groups in total. The molecular weight excluding hydrogens is 412 g/mol. The van der Waals surface area contributed by atoms with Crippen LogP contribution in [0, 0.1) is 11.6 Å². The molecule has 5 rings (SSSR count). The maximum absolute atomic E-state index is 14.5. The van der Waals surface area contributed by atoms with E-state index in [9.17, 15) is 23.5 Å². The summed E-state index contributed by atoms with van der Waals surface area (Å²) < 4.78 is 44.3. The number of anilines is 1. The Morgan fingerprint density at radius 1 is 1.03 bits per heavy atom. The lowest BCUT2D eigenvalue weighted by Crippen LogP contribution is -2.30. The summed E-state index contributed by atoms with van der Waals surface area (Å²) in [6, 6.07) is 8.69. The second kappa shape index (κ2) is 6.98. The third kappa shape index (κ3) is 2.93. The zero-order chi connectivity index (χ0) is 21.7. The van der Waals surface area contributed by atoms with Crippen molar-refractivity contribution in [3.8, 4) is 11.5 Å². The third-order valence-corrected chi connectivity index (χ3v) is 5.07. The molecule has 2 aliphatic rings. The van der Waals surface area contributed by atoms with Gasteiger partial charge in [-0.1, -0.05) is 0 Å². The van der Waals surface area contributed by atoms with Gasteiger partial charge in [0, 0.05) is 11.6 Å². The SMILES string of the molecule is O=C1C(=O)N(c2cc(F)ccc2F)C(c2ccco2)/C1=C(/O)c1ccc2c(c1)OCO2. The first-order valence-corrected chi connectivity index (χ1v) is 9.15. The highest BCUT2D eigenvalue weighted by molar-refractivity contribution is 6.51. The molecule has 9 heteroatoms. The van der Waals surface area contributed by atoms with Gasteiger partial charge in [0.15, 0.2) is 11.5 Å². The first-order chi connectivity index (χ1) is 15.0. The molecule has 3 aromatic rings. The molecule has 0 aliphatic carbocycles. The number of amides is 1. The molecule has 0 saturated carbocycles. The minimum atomic E-state index is -1.31. The summed E-state index contributed by atoms with van der Waals surface area (Å²) in [5.41, 5.74) is -0.603. The highest BCUT2D eigenvalue weighted by Crippen LogP contribution is 2.44. The Bertz CT molecular complexity index is 1250. The second-order valence-electron chi connectivity index (χ2n) is 6.85. The maximum Gasteiger partial charge on any atom is 0.300 e. The van der Waals surface area contributed by atoms with E-state index in [1.54, 1.807) is 6.07 Å². The van der Waals surface area contributed by atoms with Crippen molar-refractivity contribution in [3.05, 3.63) is 83.3 Å². The minimum absolute atomic E-state index is 0.00911. The van der Waals surface area contributed by atoms with Crippen molar-refractivity contribution in [3.63, 3.8) is 0 Å². The molecule has 1 fully saturated rings. The number of hydrogen-bond donors (Lipinski definition) is 1. The maximum atomic E-state index is 14.5. The molecule has 1 amide bonds. The largest absolute Gasteiger partial charge is 0.507 e. The summed E-state index contributed by atoms with van der Waals surface area (Å²) >= 11 is 0. The van der Waals surface area contributed by atoms with Crippen molar-refractivity contribution in [2.45, 2.75) is 6.04 Å². The summed E-state index contributed by atoms with van der Waals surface area (Å²) in [6.07, 6.45) is 1.30. The molecule has 31 heavy (non-hydrogen) atoms. The Hall–Kier alpha value is -4.14.